The zero-order valence-corrected chi connectivity index (χ0v) is 13.6. The van der Waals surface area contributed by atoms with Gasteiger partial charge in [-0.15, -0.1) is 11.3 Å². The summed E-state index contributed by atoms with van der Waals surface area (Å²) in [5.74, 6) is 0. The molecule has 0 aliphatic carbocycles. The van der Waals surface area contributed by atoms with Crippen LogP contribution in [-0.4, -0.2) is 29.2 Å². The molecule has 0 amide bonds. The Morgan fingerprint density at radius 1 is 1.45 bits per heavy atom. The molecule has 0 spiro atoms. The fraction of sp³-hybridized carbons (Fsp3) is 0.182. The number of nitrogens with zero attached hydrogens (tertiary/aromatic N) is 3. The van der Waals surface area contributed by atoms with E-state index in [-0.39, 0.29) is 10.2 Å². The van der Waals surface area contributed by atoms with Crippen LogP contribution in [0.1, 0.15) is 5.56 Å². The summed E-state index contributed by atoms with van der Waals surface area (Å²) in [6.45, 7) is 0.305. The summed E-state index contributed by atoms with van der Waals surface area (Å²) in [4.78, 5) is 4.63. The minimum absolute atomic E-state index is 0.00835. The summed E-state index contributed by atoms with van der Waals surface area (Å²) in [5.41, 5.74) is 0.947. The smallest absolute Gasteiger partial charge is 0.262 e. The molecule has 20 heavy (non-hydrogen) atoms. The molecule has 0 fully saturated rings. The van der Waals surface area contributed by atoms with E-state index in [1.54, 1.807) is 11.6 Å². The first-order valence-corrected chi connectivity index (χ1v) is 9.22. The Labute approximate surface area is 129 Å². The topological polar surface area (TPSA) is 54.7 Å². The van der Waals surface area contributed by atoms with Gasteiger partial charge in [0.15, 0.2) is 15.1 Å². The summed E-state index contributed by atoms with van der Waals surface area (Å²) in [7, 11) is -2.15. The Morgan fingerprint density at radius 2 is 2.25 bits per heavy atom. The van der Waals surface area contributed by atoms with Crippen LogP contribution in [0, 0.1) is 0 Å². The van der Waals surface area contributed by atoms with Gasteiger partial charge in [-0.2, -0.15) is 15.6 Å². The summed E-state index contributed by atoms with van der Waals surface area (Å²) in [6, 6.07) is 1.90. The van der Waals surface area contributed by atoms with E-state index < -0.39 is 10.0 Å². The Morgan fingerprint density at radius 3 is 2.95 bits per heavy atom. The van der Waals surface area contributed by atoms with Crippen LogP contribution in [0.2, 0.25) is 5.15 Å². The Balaban J connectivity index is 2.02. The quantitative estimate of drug-likeness (QED) is 0.729. The van der Waals surface area contributed by atoms with Crippen molar-refractivity contribution in [2.45, 2.75) is 11.6 Å². The van der Waals surface area contributed by atoms with Gasteiger partial charge in [-0.3, -0.25) is 4.40 Å². The maximum atomic E-state index is 12.6. The Kier molecular flexibility index (Phi) is 3.59. The van der Waals surface area contributed by atoms with Crippen LogP contribution in [0.5, 0.6) is 0 Å². The highest BCUT2D eigenvalue weighted by Crippen LogP contribution is 2.28. The average molecular weight is 348 g/mol. The molecule has 3 aromatic rings. The van der Waals surface area contributed by atoms with Crippen molar-refractivity contribution >= 4 is 49.3 Å². The molecule has 0 saturated heterocycles. The van der Waals surface area contributed by atoms with Gasteiger partial charge in [-0.1, -0.05) is 11.6 Å². The third kappa shape index (κ3) is 2.27. The maximum absolute atomic E-state index is 12.6. The highest BCUT2D eigenvalue weighted by atomic mass is 35.5. The molecule has 0 N–H and O–H groups in total. The van der Waals surface area contributed by atoms with Crippen molar-refractivity contribution in [1.82, 2.24) is 13.7 Å². The monoisotopic (exact) mass is 347 g/mol. The van der Waals surface area contributed by atoms with Crippen LogP contribution in [0.25, 0.3) is 4.96 Å². The van der Waals surface area contributed by atoms with Crippen LogP contribution < -0.4 is 0 Å². The molecule has 0 unspecified atom stereocenters. The van der Waals surface area contributed by atoms with Gasteiger partial charge in [0.25, 0.3) is 10.0 Å². The molecule has 3 rings (SSSR count). The highest BCUT2D eigenvalue weighted by molar-refractivity contribution is 7.89. The number of hydrogen-bond acceptors (Lipinski definition) is 5. The van der Waals surface area contributed by atoms with Crippen LogP contribution in [0.3, 0.4) is 0 Å². The number of sulfonamides is 1. The summed E-state index contributed by atoms with van der Waals surface area (Å²) in [5, 5.41) is 5.64. The molecule has 3 aromatic heterocycles. The van der Waals surface area contributed by atoms with Gasteiger partial charge < -0.3 is 0 Å². The first kappa shape index (κ1) is 14.0. The lowest BCUT2D eigenvalue weighted by Crippen LogP contribution is -2.27. The molecule has 0 aliphatic heterocycles. The minimum atomic E-state index is -3.69. The van der Waals surface area contributed by atoms with E-state index in [9.17, 15) is 8.42 Å². The SMILES string of the molecule is CN(Cc1ccsc1)S(=O)(=O)c1c(Cl)nc2sccn12. The first-order chi connectivity index (χ1) is 9.50. The molecule has 3 heterocycles. The molecule has 0 atom stereocenters. The first-order valence-electron chi connectivity index (χ1n) is 5.58. The number of thiophene rings is 1. The minimum Gasteiger partial charge on any atom is -0.279 e. The van der Waals surface area contributed by atoms with Crippen LogP contribution in [0.15, 0.2) is 33.4 Å². The van der Waals surface area contributed by atoms with Gasteiger partial charge in [-0.05, 0) is 22.4 Å². The molecule has 5 nitrogen and oxygen atoms in total. The van der Waals surface area contributed by atoms with Crippen molar-refractivity contribution in [1.29, 1.82) is 0 Å². The van der Waals surface area contributed by atoms with Crippen LogP contribution in [-0.2, 0) is 16.6 Å². The second-order valence-corrected chi connectivity index (χ2v) is 8.13. The zero-order valence-electron chi connectivity index (χ0n) is 10.4. The number of hydrogen-bond donors (Lipinski definition) is 0. The number of imidazole rings is 1. The Hall–Kier alpha value is -0.930. The third-order valence-corrected chi connectivity index (χ3v) is 6.51. The van der Waals surface area contributed by atoms with Gasteiger partial charge >= 0.3 is 0 Å². The Bertz CT molecular complexity index is 836. The van der Waals surface area contributed by atoms with Gasteiger partial charge in [0.1, 0.15) is 0 Å². The molecule has 9 heteroatoms. The van der Waals surface area contributed by atoms with E-state index >= 15 is 0 Å². The van der Waals surface area contributed by atoms with Crippen molar-refractivity contribution in [2.24, 2.45) is 0 Å². The number of rotatable bonds is 4. The fourth-order valence-electron chi connectivity index (χ4n) is 1.84. The van der Waals surface area contributed by atoms with Crippen molar-refractivity contribution in [3.63, 3.8) is 0 Å². The lowest BCUT2D eigenvalue weighted by Gasteiger charge is -2.16. The van der Waals surface area contributed by atoms with Crippen LogP contribution >= 0.6 is 34.3 Å². The third-order valence-electron chi connectivity index (χ3n) is 2.82. The number of thiazole rings is 1. The molecular formula is C11H10ClN3O2S3. The standard InChI is InChI=1S/C11H10ClN3O2S3/c1-14(6-8-2-4-18-7-8)20(16,17)10-9(12)13-11-15(10)3-5-19-11/h2-5,7H,6H2,1H3. The van der Waals surface area contributed by atoms with Gasteiger partial charge in [0, 0.05) is 25.2 Å². The summed E-state index contributed by atoms with van der Waals surface area (Å²) >= 11 is 8.87. The average Bonchev–Trinajstić information content (AvgIpc) is 3.05. The maximum Gasteiger partial charge on any atom is 0.262 e. The number of aromatic nitrogens is 2. The molecule has 0 bridgehead atoms. The molecular weight excluding hydrogens is 338 g/mol. The predicted molar refractivity (Wildman–Crippen MR) is 81.1 cm³/mol. The van der Waals surface area contributed by atoms with Crippen molar-refractivity contribution in [3.05, 3.63) is 39.1 Å². The second-order valence-electron chi connectivity index (χ2n) is 4.16. The second kappa shape index (κ2) is 5.12. The predicted octanol–water partition coefficient (Wildman–Crippen LogP) is 2.93. The lowest BCUT2D eigenvalue weighted by molar-refractivity contribution is 0.464. The van der Waals surface area contributed by atoms with Crippen molar-refractivity contribution in [2.75, 3.05) is 7.05 Å². The summed E-state index contributed by atoms with van der Waals surface area (Å²) in [6.07, 6.45) is 1.66. The molecule has 0 aromatic carbocycles. The highest BCUT2D eigenvalue weighted by Gasteiger charge is 2.29. The van der Waals surface area contributed by atoms with E-state index in [2.05, 4.69) is 4.98 Å². The van der Waals surface area contributed by atoms with E-state index in [1.165, 1.54) is 38.4 Å². The zero-order chi connectivity index (χ0) is 14.3. The largest absolute Gasteiger partial charge is 0.279 e. The molecule has 0 aliphatic rings. The lowest BCUT2D eigenvalue weighted by atomic mass is 10.3. The van der Waals surface area contributed by atoms with Crippen LogP contribution in [0.4, 0.5) is 0 Å². The van der Waals surface area contributed by atoms with Gasteiger partial charge in [0.2, 0.25) is 0 Å². The van der Waals surface area contributed by atoms with E-state index in [0.29, 0.717) is 11.5 Å². The van der Waals surface area contributed by atoms with Crippen molar-refractivity contribution < 1.29 is 8.42 Å². The van der Waals surface area contributed by atoms with E-state index in [1.807, 2.05) is 16.8 Å². The number of fused-ring (bicyclic) bond motifs is 1. The van der Waals surface area contributed by atoms with Gasteiger partial charge in [0.05, 0.1) is 0 Å². The number of halogens is 1. The molecule has 106 valence electrons. The molecule has 0 saturated carbocycles. The fourth-order valence-corrected chi connectivity index (χ4v) is 5.06. The molecule has 0 radical (unpaired) electrons. The van der Waals surface area contributed by atoms with Crippen molar-refractivity contribution in [3.8, 4) is 0 Å². The normalized spacial score (nSPS) is 12.6. The van der Waals surface area contributed by atoms with E-state index in [0.717, 1.165) is 5.56 Å². The van der Waals surface area contributed by atoms with E-state index in [4.69, 9.17) is 11.6 Å². The summed E-state index contributed by atoms with van der Waals surface area (Å²) < 4.78 is 28.1. The van der Waals surface area contributed by atoms with Gasteiger partial charge in [-0.25, -0.2) is 13.4 Å².